The SMILES string of the molecule is NC(=O)c1cc(F)c(N[C@@H]2CC3CC3C[C@@H]2NC(=O)O)nc1Nc1cncc(-n2cccn2)c1. The van der Waals surface area contributed by atoms with E-state index < -0.39 is 17.8 Å². The molecular weight excluding hydrogens is 443 g/mol. The number of amides is 2. The Hall–Kier alpha value is -4.22. The molecule has 0 spiro atoms. The van der Waals surface area contributed by atoms with Gasteiger partial charge in [-0.15, -0.1) is 0 Å². The normalized spacial score (nSPS) is 23.0. The molecule has 11 nitrogen and oxygen atoms in total. The number of nitrogens with two attached hydrogens (primary N) is 1. The maximum atomic E-state index is 14.9. The number of hydrogen-bond donors (Lipinski definition) is 5. The third kappa shape index (κ3) is 4.47. The number of nitrogens with zero attached hydrogens (tertiary/aromatic N) is 4. The standard InChI is InChI=1S/C22H23FN8O3/c23-16-8-15(19(24)32)20(27-13-7-14(10-25-9-13)31-3-1-2-26-31)30-21(16)28-17-5-11-4-12(11)6-18(17)29-22(33)34/h1-3,7-12,17-18,29H,4-6H2,(H2,24,32)(H,33,34)(H2,27,28,30)/t11?,12?,17-,18+/m1/s1. The molecule has 4 atom stereocenters. The molecule has 3 heterocycles. The highest BCUT2D eigenvalue weighted by Crippen LogP contribution is 2.50. The zero-order valence-corrected chi connectivity index (χ0v) is 18.0. The molecule has 0 bridgehead atoms. The Labute approximate surface area is 193 Å². The molecule has 2 aliphatic carbocycles. The van der Waals surface area contributed by atoms with Gasteiger partial charge < -0.3 is 26.8 Å². The van der Waals surface area contributed by atoms with Crippen molar-refractivity contribution < 1.29 is 19.1 Å². The van der Waals surface area contributed by atoms with E-state index in [9.17, 15) is 19.1 Å². The zero-order chi connectivity index (χ0) is 23.8. The number of primary amides is 1. The summed E-state index contributed by atoms with van der Waals surface area (Å²) in [5, 5.41) is 21.9. The highest BCUT2D eigenvalue weighted by Gasteiger charge is 2.47. The van der Waals surface area contributed by atoms with Crippen LogP contribution in [0.4, 0.5) is 26.5 Å². The number of nitrogens with one attached hydrogen (secondary N) is 3. The first kappa shape index (κ1) is 21.6. The number of hydrogen-bond acceptors (Lipinski definition) is 7. The first-order valence-corrected chi connectivity index (χ1v) is 10.9. The van der Waals surface area contributed by atoms with Crippen molar-refractivity contribution in [2.24, 2.45) is 17.6 Å². The van der Waals surface area contributed by atoms with Crippen LogP contribution < -0.4 is 21.7 Å². The summed E-state index contributed by atoms with van der Waals surface area (Å²) >= 11 is 0. The summed E-state index contributed by atoms with van der Waals surface area (Å²) < 4.78 is 16.5. The molecule has 0 saturated heterocycles. The zero-order valence-electron chi connectivity index (χ0n) is 18.0. The number of rotatable bonds is 7. The van der Waals surface area contributed by atoms with Crippen molar-refractivity contribution in [2.45, 2.75) is 31.3 Å². The molecule has 2 fully saturated rings. The van der Waals surface area contributed by atoms with Gasteiger partial charge in [-0.2, -0.15) is 5.10 Å². The summed E-state index contributed by atoms with van der Waals surface area (Å²) in [7, 11) is 0. The Kier molecular flexibility index (Phi) is 5.48. The van der Waals surface area contributed by atoms with E-state index in [-0.39, 0.29) is 29.3 Å². The first-order valence-electron chi connectivity index (χ1n) is 10.9. The molecule has 2 amide bonds. The number of aromatic nitrogens is 4. The molecule has 0 aliphatic heterocycles. The minimum absolute atomic E-state index is 0.0543. The lowest BCUT2D eigenvalue weighted by atomic mass is 9.90. The van der Waals surface area contributed by atoms with Gasteiger partial charge in [-0.1, -0.05) is 0 Å². The molecule has 0 aromatic carbocycles. The van der Waals surface area contributed by atoms with Crippen molar-refractivity contribution in [2.75, 3.05) is 10.6 Å². The molecule has 3 aromatic heterocycles. The van der Waals surface area contributed by atoms with Crippen molar-refractivity contribution in [3.8, 4) is 5.69 Å². The number of anilines is 3. The van der Waals surface area contributed by atoms with Gasteiger partial charge in [0, 0.05) is 18.4 Å². The highest BCUT2D eigenvalue weighted by atomic mass is 19.1. The topological polar surface area (TPSA) is 160 Å². The molecule has 6 N–H and O–H groups in total. The Balaban J connectivity index is 1.43. The van der Waals surface area contributed by atoms with E-state index in [1.807, 2.05) is 0 Å². The summed E-state index contributed by atoms with van der Waals surface area (Å²) in [6, 6.07) is 3.83. The van der Waals surface area contributed by atoms with Crippen LogP contribution in [0.15, 0.2) is 43.0 Å². The molecule has 12 heteroatoms. The van der Waals surface area contributed by atoms with E-state index in [0.29, 0.717) is 36.1 Å². The van der Waals surface area contributed by atoms with E-state index in [0.717, 1.165) is 12.5 Å². The van der Waals surface area contributed by atoms with Gasteiger partial charge in [-0.05, 0) is 49.3 Å². The molecule has 2 saturated carbocycles. The maximum Gasteiger partial charge on any atom is 0.404 e. The predicted octanol–water partition coefficient (Wildman–Crippen LogP) is 2.49. The second-order valence-electron chi connectivity index (χ2n) is 8.62. The molecule has 5 rings (SSSR count). The monoisotopic (exact) mass is 466 g/mol. The van der Waals surface area contributed by atoms with Gasteiger partial charge in [0.25, 0.3) is 5.91 Å². The molecule has 176 valence electrons. The van der Waals surface area contributed by atoms with Gasteiger partial charge in [0.05, 0.1) is 35.4 Å². The molecule has 0 radical (unpaired) electrons. The summed E-state index contributed by atoms with van der Waals surface area (Å²) in [4.78, 5) is 31.7. The number of pyridine rings is 2. The first-order chi connectivity index (χ1) is 16.4. The lowest BCUT2D eigenvalue weighted by molar-refractivity contribution is 0.1000. The van der Waals surface area contributed by atoms with E-state index in [2.05, 4.69) is 31.0 Å². The largest absolute Gasteiger partial charge is 0.465 e. The van der Waals surface area contributed by atoms with Crippen molar-refractivity contribution in [1.29, 1.82) is 0 Å². The lowest BCUT2D eigenvalue weighted by Gasteiger charge is -2.32. The maximum absolute atomic E-state index is 14.9. The molecule has 2 aliphatic rings. The summed E-state index contributed by atoms with van der Waals surface area (Å²) in [6.45, 7) is 0. The number of carbonyl (C=O) groups is 2. The summed E-state index contributed by atoms with van der Waals surface area (Å²) in [5.74, 6) is -0.651. The molecular formula is C22H23FN8O3. The van der Waals surface area contributed by atoms with Crippen LogP contribution >= 0.6 is 0 Å². The van der Waals surface area contributed by atoms with Crippen LogP contribution in [-0.4, -0.2) is 48.9 Å². The van der Waals surface area contributed by atoms with E-state index in [1.165, 1.54) is 6.20 Å². The van der Waals surface area contributed by atoms with Gasteiger partial charge in [0.1, 0.15) is 5.82 Å². The average molecular weight is 466 g/mol. The molecule has 3 aromatic rings. The van der Waals surface area contributed by atoms with Crippen molar-refractivity contribution >= 4 is 29.3 Å². The predicted molar refractivity (Wildman–Crippen MR) is 121 cm³/mol. The van der Waals surface area contributed by atoms with Crippen LogP contribution in [0.2, 0.25) is 0 Å². The smallest absolute Gasteiger partial charge is 0.404 e. The minimum Gasteiger partial charge on any atom is -0.465 e. The van der Waals surface area contributed by atoms with Crippen LogP contribution in [0.3, 0.4) is 0 Å². The van der Waals surface area contributed by atoms with Crippen molar-refractivity contribution in [1.82, 2.24) is 25.1 Å². The quantitative estimate of drug-likeness (QED) is 0.355. The van der Waals surface area contributed by atoms with Gasteiger partial charge in [-0.3, -0.25) is 9.78 Å². The Morgan fingerprint density at radius 3 is 2.62 bits per heavy atom. The fourth-order valence-electron chi connectivity index (χ4n) is 4.57. The average Bonchev–Trinajstić information content (AvgIpc) is 3.31. The van der Waals surface area contributed by atoms with Crippen LogP contribution in [0.25, 0.3) is 5.69 Å². The Bertz CT molecular complexity index is 1230. The summed E-state index contributed by atoms with van der Waals surface area (Å²) in [5.41, 5.74) is 6.50. The number of fused-ring (bicyclic) bond motifs is 1. The van der Waals surface area contributed by atoms with Crippen LogP contribution in [0.5, 0.6) is 0 Å². The molecule has 2 unspecified atom stereocenters. The minimum atomic E-state index is -1.12. The van der Waals surface area contributed by atoms with Crippen LogP contribution in [-0.2, 0) is 0 Å². The van der Waals surface area contributed by atoms with Gasteiger partial charge in [0.15, 0.2) is 11.6 Å². The summed E-state index contributed by atoms with van der Waals surface area (Å²) in [6.07, 6.45) is 7.83. The lowest BCUT2D eigenvalue weighted by Crippen LogP contribution is -2.49. The second-order valence-corrected chi connectivity index (χ2v) is 8.62. The third-order valence-corrected chi connectivity index (χ3v) is 6.30. The van der Waals surface area contributed by atoms with E-state index in [4.69, 9.17) is 5.73 Å². The van der Waals surface area contributed by atoms with Crippen molar-refractivity contribution in [3.63, 3.8) is 0 Å². The van der Waals surface area contributed by atoms with Gasteiger partial charge in [0.2, 0.25) is 0 Å². The number of carboxylic acid groups (broad SMARTS) is 1. The highest BCUT2D eigenvalue weighted by molar-refractivity contribution is 5.98. The van der Waals surface area contributed by atoms with E-state index >= 15 is 0 Å². The number of halogens is 1. The van der Waals surface area contributed by atoms with Crippen LogP contribution in [0, 0.1) is 17.7 Å². The van der Waals surface area contributed by atoms with Crippen molar-refractivity contribution in [3.05, 3.63) is 54.4 Å². The number of carbonyl (C=O) groups excluding carboxylic acids is 1. The van der Waals surface area contributed by atoms with Gasteiger partial charge in [-0.25, -0.2) is 18.9 Å². The second kappa shape index (κ2) is 8.61. The van der Waals surface area contributed by atoms with Gasteiger partial charge >= 0.3 is 6.09 Å². The Morgan fingerprint density at radius 2 is 1.91 bits per heavy atom. The molecule has 34 heavy (non-hydrogen) atoms. The Morgan fingerprint density at radius 1 is 1.12 bits per heavy atom. The third-order valence-electron chi connectivity index (χ3n) is 6.30. The van der Waals surface area contributed by atoms with E-state index in [1.54, 1.807) is 35.4 Å². The fourth-order valence-corrected chi connectivity index (χ4v) is 4.57. The van der Waals surface area contributed by atoms with Crippen LogP contribution in [0.1, 0.15) is 29.6 Å². The fraction of sp³-hybridized carbons (Fsp3) is 0.318.